The van der Waals surface area contributed by atoms with Crippen LogP contribution in [0, 0.1) is 0 Å². The molecular weight excluding hydrogens is 546 g/mol. The second-order valence-electron chi connectivity index (χ2n) is 13.7. The zero-order chi connectivity index (χ0) is 32.6. The molecule has 0 heterocycles. The molecule has 0 aromatic rings. The summed E-state index contributed by atoms with van der Waals surface area (Å²) in [4.78, 5) is 26.5. The van der Waals surface area contributed by atoms with Crippen LogP contribution in [0.15, 0.2) is 0 Å². The van der Waals surface area contributed by atoms with Gasteiger partial charge in [0.25, 0.3) is 5.91 Å². The molecule has 0 aromatic carbocycles. The van der Waals surface area contributed by atoms with Gasteiger partial charge >= 0.3 is 0 Å². The molecule has 0 aromatic heterocycles. The first-order valence-corrected chi connectivity index (χ1v) is 19.7. The van der Waals surface area contributed by atoms with Crippen molar-refractivity contribution in [2.24, 2.45) is 0 Å². The molecule has 44 heavy (non-hydrogen) atoms. The molecule has 0 saturated carbocycles. The standard InChI is InChI=1S/C39H77NO4/c1-4-7-9-11-13-15-17-19-21-23-25-27-29-31-33-35-37(41)40(39(43,44)6-3)38(42)36-34-32-30-28-26-24-22-20-18-16-14-12-10-8-5-2/h43-44H,4-36H2,1-3H3. The zero-order valence-corrected chi connectivity index (χ0v) is 30.0. The highest BCUT2D eigenvalue weighted by Crippen LogP contribution is 2.20. The number of aliphatic hydroxyl groups is 2. The average Bonchev–Trinajstić information content (AvgIpc) is 3.01. The molecule has 262 valence electrons. The highest BCUT2D eigenvalue weighted by atomic mass is 16.5. The van der Waals surface area contributed by atoms with E-state index in [1.54, 1.807) is 6.92 Å². The Labute approximate surface area is 274 Å². The average molecular weight is 624 g/mol. The van der Waals surface area contributed by atoms with Crippen molar-refractivity contribution in [1.82, 2.24) is 4.90 Å². The van der Waals surface area contributed by atoms with Crippen molar-refractivity contribution in [3.8, 4) is 0 Å². The van der Waals surface area contributed by atoms with Crippen LogP contribution in [0.2, 0.25) is 0 Å². The molecule has 0 aliphatic heterocycles. The second-order valence-corrected chi connectivity index (χ2v) is 13.7. The minimum Gasteiger partial charge on any atom is -0.348 e. The normalized spacial score (nSPS) is 11.8. The molecule has 2 amide bonds. The van der Waals surface area contributed by atoms with Crippen LogP contribution in [-0.2, 0) is 9.59 Å². The number of hydrogen-bond donors (Lipinski definition) is 2. The van der Waals surface area contributed by atoms with Crippen molar-refractivity contribution in [3.63, 3.8) is 0 Å². The Morgan fingerprint density at radius 1 is 0.386 bits per heavy atom. The summed E-state index contributed by atoms with van der Waals surface area (Å²) in [7, 11) is 0. The van der Waals surface area contributed by atoms with Crippen molar-refractivity contribution in [2.45, 2.75) is 239 Å². The number of amides is 2. The van der Waals surface area contributed by atoms with Crippen molar-refractivity contribution < 1.29 is 19.8 Å². The van der Waals surface area contributed by atoms with E-state index >= 15 is 0 Å². The lowest BCUT2D eigenvalue weighted by Crippen LogP contribution is -2.54. The Kier molecular flexibility index (Phi) is 31.3. The molecule has 0 fully saturated rings. The highest BCUT2D eigenvalue weighted by molar-refractivity contribution is 5.95. The molecule has 0 spiro atoms. The summed E-state index contributed by atoms with van der Waals surface area (Å²) in [6.07, 6.45) is 37.9. The van der Waals surface area contributed by atoms with Crippen molar-refractivity contribution in [1.29, 1.82) is 0 Å². The van der Waals surface area contributed by atoms with Gasteiger partial charge < -0.3 is 10.2 Å². The maximum absolute atomic E-state index is 12.9. The fourth-order valence-electron chi connectivity index (χ4n) is 6.22. The topological polar surface area (TPSA) is 77.8 Å². The Morgan fingerprint density at radius 3 is 0.795 bits per heavy atom. The minimum absolute atomic E-state index is 0.0812. The number of nitrogens with zero attached hydrogens (tertiary/aromatic N) is 1. The van der Waals surface area contributed by atoms with Gasteiger partial charge in [0.2, 0.25) is 11.8 Å². The largest absolute Gasteiger partial charge is 0.348 e. The van der Waals surface area contributed by atoms with Crippen LogP contribution in [0.25, 0.3) is 0 Å². The Hall–Kier alpha value is -0.940. The predicted octanol–water partition coefficient (Wildman–Crippen LogP) is 11.9. The lowest BCUT2D eigenvalue weighted by Gasteiger charge is -2.33. The molecule has 5 nitrogen and oxygen atoms in total. The predicted molar refractivity (Wildman–Crippen MR) is 188 cm³/mol. The summed E-state index contributed by atoms with van der Waals surface area (Å²) in [6.45, 7) is 6.12. The van der Waals surface area contributed by atoms with Gasteiger partial charge in [0.05, 0.1) is 0 Å². The summed E-state index contributed by atoms with van der Waals surface area (Å²) in [6, 6.07) is 0. The Bertz CT molecular complexity index is 590. The molecule has 0 unspecified atom stereocenters. The fraction of sp³-hybridized carbons (Fsp3) is 0.949. The first-order valence-electron chi connectivity index (χ1n) is 19.7. The monoisotopic (exact) mass is 624 g/mol. The summed E-state index contributed by atoms with van der Waals surface area (Å²) in [5.74, 6) is -3.28. The maximum atomic E-state index is 12.9. The number of imide groups is 1. The molecule has 0 rings (SSSR count). The van der Waals surface area contributed by atoms with Crippen LogP contribution in [0.3, 0.4) is 0 Å². The van der Waals surface area contributed by atoms with Crippen molar-refractivity contribution in [3.05, 3.63) is 0 Å². The van der Waals surface area contributed by atoms with Gasteiger partial charge in [-0.1, -0.05) is 201 Å². The van der Waals surface area contributed by atoms with Crippen LogP contribution >= 0.6 is 0 Å². The van der Waals surface area contributed by atoms with Crippen LogP contribution < -0.4 is 0 Å². The molecule has 0 aliphatic carbocycles. The van der Waals surface area contributed by atoms with Crippen molar-refractivity contribution >= 4 is 11.8 Å². The van der Waals surface area contributed by atoms with Gasteiger partial charge in [-0.2, -0.15) is 0 Å². The third-order valence-electron chi connectivity index (χ3n) is 9.32. The SMILES string of the molecule is CCCCCCCCCCCCCCCCCC(=O)N(C(=O)CCCCCCCCCCCCCCCCC)C(O)(O)CC. The van der Waals surface area contributed by atoms with Crippen LogP contribution in [0.4, 0.5) is 0 Å². The van der Waals surface area contributed by atoms with Gasteiger partial charge in [0.1, 0.15) is 0 Å². The van der Waals surface area contributed by atoms with E-state index in [0.29, 0.717) is 12.8 Å². The molecule has 2 N–H and O–H groups in total. The minimum atomic E-state index is -2.39. The van der Waals surface area contributed by atoms with Crippen LogP contribution in [0.1, 0.15) is 233 Å². The van der Waals surface area contributed by atoms with Gasteiger partial charge in [-0.15, -0.1) is 0 Å². The lowest BCUT2D eigenvalue weighted by atomic mass is 10.0. The van der Waals surface area contributed by atoms with E-state index in [9.17, 15) is 19.8 Å². The Balaban J connectivity index is 3.90. The quantitative estimate of drug-likeness (QED) is 0.0552. The summed E-state index contributed by atoms with van der Waals surface area (Å²) >= 11 is 0. The van der Waals surface area contributed by atoms with E-state index in [2.05, 4.69) is 13.8 Å². The molecule has 0 aliphatic rings. The molecule has 0 radical (unpaired) electrons. The van der Waals surface area contributed by atoms with Crippen LogP contribution in [0.5, 0.6) is 0 Å². The molecule has 0 saturated heterocycles. The molecular formula is C39H77NO4. The molecule has 0 atom stereocenters. The first-order chi connectivity index (χ1) is 21.4. The first kappa shape index (κ1) is 43.1. The summed E-state index contributed by atoms with van der Waals surface area (Å²) in [5.41, 5.74) is 0. The lowest BCUT2D eigenvalue weighted by molar-refractivity contribution is -0.253. The zero-order valence-electron chi connectivity index (χ0n) is 30.0. The van der Waals surface area contributed by atoms with Crippen molar-refractivity contribution in [2.75, 3.05) is 0 Å². The van der Waals surface area contributed by atoms with E-state index < -0.39 is 17.7 Å². The summed E-state index contributed by atoms with van der Waals surface area (Å²) < 4.78 is 0. The van der Waals surface area contributed by atoms with E-state index in [-0.39, 0.29) is 19.3 Å². The number of unbranched alkanes of at least 4 members (excludes halogenated alkanes) is 28. The third kappa shape index (κ3) is 26.3. The van der Waals surface area contributed by atoms with Gasteiger partial charge in [0.15, 0.2) is 0 Å². The van der Waals surface area contributed by atoms with Crippen LogP contribution in [-0.4, -0.2) is 32.8 Å². The number of rotatable bonds is 34. The fourth-order valence-corrected chi connectivity index (χ4v) is 6.22. The van der Waals surface area contributed by atoms with E-state index in [1.807, 2.05) is 0 Å². The highest BCUT2D eigenvalue weighted by Gasteiger charge is 2.38. The number of carbonyl (C=O) groups is 2. The van der Waals surface area contributed by atoms with Gasteiger partial charge in [0, 0.05) is 19.3 Å². The van der Waals surface area contributed by atoms with E-state index in [4.69, 9.17) is 0 Å². The van der Waals surface area contributed by atoms with Gasteiger partial charge in [-0.25, -0.2) is 4.90 Å². The Morgan fingerprint density at radius 2 is 0.591 bits per heavy atom. The second kappa shape index (κ2) is 32.0. The number of carbonyl (C=O) groups excluding carboxylic acids is 2. The smallest absolute Gasteiger partial charge is 0.255 e. The molecule has 0 bridgehead atoms. The van der Waals surface area contributed by atoms with E-state index in [1.165, 1.54) is 154 Å². The maximum Gasteiger partial charge on any atom is 0.255 e. The van der Waals surface area contributed by atoms with E-state index in [0.717, 1.165) is 30.6 Å². The number of hydrogen-bond acceptors (Lipinski definition) is 4. The summed E-state index contributed by atoms with van der Waals surface area (Å²) in [5, 5.41) is 20.8. The van der Waals surface area contributed by atoms with Gasteiger partial charge in [-0.05, 0) is 12.8 Å². The third-order valence-corrected chi connectivity index (χ3v) is 9.32. The van der Waals surface area contributed by atoms with Gasteiger partial charge in [-0.3, -0.25) is 9.59 Å². The molecule has 5 heteroatoms.